The van der Waals surface area contributed by atoms with Crippen molar-refractivity contribution in [2.75, 3.05) is 33.3 Å². The largest absolute Gasteiger partial charge is 0.497 e. The fourth-order valence-electron chi connectivity index (χ4n) is 3.97. The van der Waals surface area contributed by atoms with Crippen LogP contribution in [-0.2, 0) is 4.79 Å². The van der Waals surface area contributed by atoms with Crippen molar-refractivity contribution in [3.63, 3.8) is 0 Å². The number of rotatable bonds is 6. The Kier molecular flexibility index (Phi) is 6.34. The van der Waals surface area contributed by atoms with Crippen molar-refractivity contribution < 1.29 is 14.3 Å². The summed E-state index contributed by atoms with van der Waals surface area (Å²) in [6, 6.07) is 17.2. The maximum Gasteiger partial charge on any atom is 0.254 e. The molecular weight excluding hydrogens is 352 g/mol. The molecule has 2 aromatic carbocycles. The lowest BCUT2D eigenvalue weighted by atomic mass is 9.88. The van der Waals surface area contributed by atoms with Crippen molar-refractivity contribution in [3.8, 4) is 5.75 Å². The Morgan fingerprint density at radius 1 is 1.04 bits per heavy atom. The van der Waals surface area contributed by atoms with Crippen LogP contribution in [0.4, 0.5) is 0 Å². The van der Waals surface area contributed by atoms with Gasteiger partial charge in [-0.1, -0.05) is 36.4 Å². The zero-order valence-corrected chi connectivity index (χ0v) is 16.8. The minimum absolute atomic E-state index is 0.00357. The second-order valence-electron chi connectivity index (χ2n) is 7.08. The van der Waals surface area contributed by atoms with Crippen LogP contribution in [-0.4, -0.2) is 54.9 Å². The van der Waals surface area contributed by atoms with Gasteiger partial charge in [0.1, 0.15) is 5.75 Å². The van der Waals surface area contributed by atoms with Gasteiger partial charge in [-0.2, -0.15) is 0 Å². The molecule has 1 aliphatic rings. The predicted octanol–water partition coefficient (Wildman–Crippen LogP) is 3.42. The van der Waals surface area contributed by atoms with Crippen LogP contribution in [0.5, 0.6) is 5.75 Å². The Morgan fingerprint density at radius 2 is 1.75 bits per heavy atom. The molecule has 148 valence electrons. The summed E-state index contributed by atoms with van der Waals surface area (Å²) in [5.74, 6) is 0.496. The number of likely N-dealkylation sites (tertiary alicyclic amines) is 1. The van der Waals surface area contributed by atoms with Crippen LogP contribution < -0.4 is 4.74 Å². The number of amides is 2. The number of carbonyl (C=O) groups is 2. The third kappa shape index (κ3) is 4.03. The summed E-state index contributed by atoms with van der Waals surface area (Å²) in [7, 11) is 1.59. The van der Waals surface area contributed by atoms with Crippen molar-refractivity contribution in [2.24, 2.45) is 5.92 Å². The Hall–Kier alpha value is -2.82. The molecule has 0 aliphatic carbocycles. The van der Waals surface area contributed by atoms with Crippen LogP contribution >= 0.6 is 0 Å². The van der Waals surface area contributed by atoms with Crippen LogP contribution in [0.25, 0.3) is 0 Å². The standard InChI is InChI=1S/C23H28N2O3/c1-4-24(5-2)23(27)21-16-25(15-20(21)17-10-7-6-8-11-17)22(26)18-12-9-13-19(14-18)28-3/h6-14,20-21H,4-5,15-16H2,1-3H3. The number of nitrogens with zero attached hydrogens (tertiary/aromatic N) is 2. The summed E-state index contributed by atoms with van der Waals surface area (Å²) < 4.78 is 5.25. The van der Waals surface area contributed by atoms with Crippen LogP contribution in [0.1, 0.15) is 35.7 Å². The van der Waals surface area contributed by atoms with E-state index in [0.717, 1.165) is 5.56 Å². The molecule has 0 saturated carbocycles. The molecule has 0 N–H and O–H groups in total. The second-order valence-corrected chi connectivity index (χ2v) is 7.08. The molecule has 0 spiro atoms. The van der Waals surface area contributed by atoms with Gasteiger partial charge in [-0.15, -0.1) is 0 Å². The van der Waals surface area contributed by atoms with Gasteiger partial charge in [-0.25, -0.2) is 0 Å². The Balaban J connectivity index is 1.88. The molecule has 2 amide bonds. The molecule has 0 bridgehead atoms. The molecule has 2 aromatic rings. The molecule has 5 heteroatoms. The first-order valence-corrected chi connectivity index (χ1v) is 9.86. The van der Waals surface area contributed by atoms with Gasteiger partial charge in [0.05, 0.1) is 13.0 Å². The van der Waals surface area contributed by atoms with Gasteiger partial charge in [0.15, 0.2) is 0 Å². The molecule has 3 rings (SSSR count). The molecule has 2 unspecified atom stereocenters. The van der Waals surface area contributed by atoms with Gasteiger partial charge in [-0.3, -0.25) is 9.59 Å². The zero-order chi connectivity index (χ0) is 20.1. The number of hydrogen-bond donors (Lipinski definition) is 0. The lowest BCUT2D eigenvalue weighted by Gasteiger charge is -2.25. The molecule has 2 atom stereocenters. The average Bonchev–Trinajstić information content (AvgIpc) is 3.20. The fourth-order valence-corrected chi connectivity index (χ4v) is 3.97. The number of carbonyl (C=O) groups excluding carboxylic acids is 2. The smallest absolute Gasteiger partial charge is 0.254 e. The van der Waals surface area contributed by atoms with Gasteiger partial charge >= 0.3 is 0 Å². The van der Waals surface area contributed by atoms with Gasteiger partial charge in [0.2, 0.25) is 5.91 Å². The zero-order valence-electron chi connectivity index (χ0n) is 16.8. The summed E-state index contributed by atoms with van der Waals surface area (Å²) in [5.41, 5.74) is 1.69. The minimum atomic E-state index is -0.225. The van der Waals surface area contributed by atoms with E-state index < -0.39 is 0 Å². The van der Waals surface area contributed by atoms with E-state index >= 15 is 0 Å². The van der Waals surface area contributed by atoms with Gasteiger partial charge in [-0.05, 0) is 37.6 Å². The van der Waals surface area contributed by atoms with Gasteiger partial charge in [0.25, 0.3) is 5.91 Å². The summed E-state index contributed by atoms with van der Waals surface area (Å²) in [5, 5.41) is 0. The highest BCUT2D eigenvalue weighted by atomic mass is 16.5. The van der Waals surface area contributed by atoms with Crippen LogP contribution in [0.15, 0.2) is 54.6 Å². The Labute approximate surface area is 166 Å². The SMILES string of the molecule is CCN(CC)C(=O)C1CN(C(=O)c2cccc(OC)c2)CC1c1ccccc1. The Morgan fingerprint density at radius 3 is 2.39 bits per heavy atom. The number of hydrogen-bond acceptors (Lipinski definition) is 3. The number of ether oxygens (including phenoxy) is 1. The monoisotopic (exact) mass is 380 g/mol. The summed E-state index contributed by atoms with van der Waals surface area (Å²) >= 11 is 0. The first-order chi connectivity index (χ1) is 13.6. The van der Waals surface area contributed by atoms with E-state index in [0.29, 0.717) is 37.5 Å². The fraction of sp³-hybridized carbons (Fsp3) is 0.391. The molecule has 1 saturated heterocycles. The highest BCUT2D eigenvalue weighted by Gasteiger charge is 2.41. The number of methoxy groups -OCH3 is 1. The first-order valence-electron chi connectivity index (χ1n) is 9.86. The Bertz CT molecular complexity index is 818. The molecular formula is C23H28N2O3. The van der Waals surface area contributed by atoms with E-state index in [-0.39, 0.29) is 23.7 Å². The molecule has 5 nitrogen and oxygen atoms in total. The van der Waals surface area contributed by atoms with Crippen LogP contribution in [0.3, 0.4) is 0 Å². The van der Waals surface area contributed by atoms with Crippen molar-refractivity contribution in [1.82, 2.24) is 9.80 Å². The molecule has 1 heterocycles. The third-order valence-corrected chi connectivity index (χ3v) is 5.54. The molecule has 0 radical (unpaired) electrons. The van der Waals surface area contributed by atoms with E-state index in [9.17, 15) is 9.59 Å². The van der Waals surface area contributed by atoms with Crippen LogP contribution in [0, 0.1) is 5.92 Å². The molecule has 0 aromatic heterocycles. The van der Waals surface area contributed by atoms with Crippen molar-refractivity contribution in [3.05, 3.63) is 65.7 Å². The van der Waals surface area contributed by atoms with E-state index in [1.807, 2.05) is 61.2 Å². The van der Waals surface area contributed by atoms with E-state index in [1.54, 1.807) is 24.1 Å². The van der Waals surface area contributed by atoms with Crippen molar-refractivity contribution in [1.29, 1.82) is 0 Å². The highest BCUT2D eigenvalue weighted by molar-refractivity contribution is 5.95. The minimum Gasteiger partial charge on any atom is -0.497 e. The van der Waals surface area contributed by atoms with Crippen molar-refractivity contribution >= 4 is 11.8 Å². The maximum absolute atomic E-state index is 13.2. The molecule has 28 heavy (non-hydrogen) atoms. The summed E-state index contributed by atoms with van der Waals surface area (Å²) in [4.78, 5) is 29.9. The van der Waals surface area contributed by atoms with E-state index in [4.69, 9.17) is 4.74 Å². The van der Waals surface area contributed by atoms with Crippen LogP contribution in [0.2, 0.25) is 0 Å². The predicted molar refractivity (Wildman–Crippen MR) is 109 cm³/mol. The third-order valence-electron chi connectivity index (χ3n) is 5.54. The van der Waals surface area contributed by atoms with Gasteiger partial charge < -0.3 is 14.5 Å². The quantitative estimate of drug-likeness (QED) is 0.772. The topological polar surface area (TPSA) is 49.9 Å². The molecule has 1 aliphatic heterocycles. The van der Waals surface area contributed by atoms with Crippen molar-refractivity contribution in [2.45, 2.75) is 19.8 Å². The van der Waals surface area contributed by atoms with E-state index in [2.05, 4.69) is 0 Å². The average molecular weight is 380 g/mol. The molecule has 1 fully saturated rings. The normalized spacial score (nSPS) is 18.8. The van der Waals surface area contributed by atoms with Gasteiger partial charge in [0, 0.05) is 37.7 Å². The lowest BCUT2D eigenvalue weighted by molar-refractivity contribution is -0.135. The number of benzene rings is 2. The highest BCUT2D eigenvalue weighted by Crippen LogP contribution is 2.35. The first kappa shape index (κ1) is 19.9. The maximum atomic E-state index is 13.2. The lowest BCUT2D eigenvalue weighted by Crippen LogP contribution is -2.39. The second kappa shape index (κ2) is 8.91. The summed E-state index contributed by atoms with van der Waals surface area (Å²) in [6.45, 7) is 6.32. The van der Waals surface area contributed by atoms with E-state index in [1.165, 1.54) is 0 Å². The summed E-state index contributed by atoms with van der Waals surface area (Å²) in [6.07, 6.45) is 0.